The van der Waals surface area contributed by atoms with E-state index in [1.54, 1.807) is 16.8 Å². The van der Waals surface area contributed by atoms with Crippen LogP contribution in [0.4, 0.5) is 0 Å². The standard InChI is InChI=1S/C14H11N3O3S/c18-8-11-13(12-2-1-7-21-12)17(16-15-11)10-5-3-9(4-6-10)14(19)20/h1-7,18H,8H2,(H,19,20). The average Bonchev–Trinajstić information content (AvgIpc) is 3.15. The number of aliphatic hydroxyl groups excluding tert-OH is 1. The van der Waals surface area contributed by atoms with Gasteiger partial charge in [0.15, 0.2) is 0 Å². The van der Waals surface area contributed by atoms with Gasteiger partial charge < -0.3 is 10.2 Å². The molecule has 0 atom stereocenters. The van der Waals surface area contributed by atoms with Gasteiger partial charge in [0.25, 0.3) is 0 Å². The first-order chi connectivity index (χ1) is 10.2. The number of hydrogen-bond acceptors (Lipinski definition) is 5. The smallest absolute Gasteiger partial charge is 0.335 e. The van der Waals surface area contributed by atoms with E-state index < -0.39 is 5.97 Å². The van der Waals surface area contributed by atoms with Gasteiger partial charge in [-0.05, 0) is 35.7 Å². The van der Waals surface area contributed by atoms with Gasteiger partial charge in [-0.15, -0.1) is 16.4 Å². The maximum atomic E-state index is 10.9. The van der Waals surface area contributed by atoms with Gasteiger partial charge in [-0.2, -0.15) is 0 Å². The normalized spacial score (nSPS) is 10.7. The number of nitrogens with zero attached hydrogens (tertiary/aromatic N) is 3. The third-order valence-electron chi connectivity index (χ3n) is 3.00. The minimum absolute atomic E-state index is 0.207. The van der Waals surface area contributed by atoms with Gasteiger partial charge in [0.2, 0.25) is 0 Å². The number of carboxylic acids is 1. The molecular weight excluding hydrogens is 290 g/mol. The van der Waals surface area contributed by atoms with Crippen molar-refractivity contribution in [1.82, 2.24) is 15.0 Å². The highest BCUT2D eigenvalue weighted by Crippen LogP contribution is 2.29. The predicted octanol–water partition coefficient (Wildman–Crippen LogP) is 2.19. The SMILES string of the molecule is O=C(O)c1ccc(-n2nnc(CO)c2-c2cccs2)cc1. The van der Waals surface area contributed by atoms with E-state index >= 15 is 0 Å². The quantitative estimate of drug-likeness (QED) is 0.771. The molecule has 0 unspecified atom stereocenters. The van der Waals surface area contributed by atoms with Gasteiger partial charge in [0, 0.05) is 0 Å². The minimum Gasteiger partial charge on any atom is -0.478 e. The zero-order chi connectivity index (χ0) is 14.8. The van der Waals surface area contributed by atoms with E-state index in [9.17, 15) is 9.90 Å². The van der Waals surface area contributed by atoms with Crippen LogP contribution in [-0.2, 0) is 6.61 Å². The highest BCUT2D eigenvalue weighted by atomic mass is 32.1. The molecule has 0 amide bonds. The Morgan fingerprint density at radius 2 is 2.00 bits per heavy atom. The summed E-state index contributed by atoms with van der Waals surface area (Å²) < 4.78 is 1.60. The summed E-state index contributed by atoms with van der Waals surface area (Å²) in [6.45, 7) is -0.208. The van der Waals surface area contributed by atoms with E-state index in [-0.39, 0.29) is 12.2 Å². The summed E-state index contributed by atoms with van der Waals surface area (Å²) in [7, 11) is 0. The number of carbonyl (C=O) groups is 1. The second-order valence-electron chi connectivity index (χ2n) is 4.28. The first-order valence-corrected chi connectivity index (χ1v) is 7.01. The number of aliphatic hydroxyl groups is 1. The molecule has 0 radical (unpaired) electrons. The Balaban J connectivity index is 2.10. The van der Waals surface area contributed by atoms with Crippen molar-refractivity contribution in [3.63, 3.8) is 0 Å². The lowest BCUT2D eigenvalue weighted by Crippen LogP contribution is -2.01. The van der Waals surface area contributed by atoms with Crippen LogP contribution in [-0.4, -0.2) is 31.2 Å². The zero-order valence-electron chi connectivity index (χ0n) is 10.8. The van der Waals surface area contributed by atoms with E-state index in [0.717, 1.165) is 10.6 Å². The number of rotatable bonds is 4. The van der Waals surface area contributed by atoms with Crippen molar-refractivity contribution in [3.8, 4) is 16.3 Å². The summed E-state index contributed by atoms with van der Waals surface area (Å²) in [6.07, 6.45) is 0. The molecule has 2 aromatic heterocycles. The molecule has 2 heterocycles. The van der Waals surface area contributed by atoms with Crippen LogP contribution in [0.2, 0.25) is 0 Å². The van der Waals surface area contributed by atoms with Crippen molar-refractivity contribution in [2.75, 3.05) is 0 Å². The lowest BCUT2D eigenvalue weighted by Gasteiger charge is -2.06. The lowest BCUT2D eigenvalue weighted by molar-refractivity contribution is 0.0697. The van der Waals surface area contributed by atoms with Gasteiger partial charge in [-0.3, -0.25) is 0 Å². The topological polar surface area (TPSA) is 88.2 Å². The first kappa shape index (κ1) is 13.5. The summed E-state index contributed by atoms with van der Waals surface area (Å²) in [5, 5.41) is 28.3. The van der Waals surface area contributed by atoms with Crippen molar-refractivity contribution < 1.29 is 15.0 Å². The molecule has 3 aromatic rings. The predicted molar refractivity (Wildman–Crippen MR) is 77.6 cm³/mol. The minimum atomic E-state index is -0.977. The second kappa shape index (κ2) is 5.47. The highest BCUT2D eigenvalue weighted by Gasteiger charge is 2.16. The lowest BCUT2D eigenvalue weighted by atomic mass is 10.2. The van der Waals surface area contributed by atoms with Crippen molar-refractivity contribution >= 4 is 17.3 Å². The first-order valence-electron chi connectivity index (χ1n) is 6.13. The van der Waals surface area contributed by atoms with Gasteiger partial charge in [-0.1, -0.05) is 11.3 Å². The number of benzene rings is 1. The molecule has 7 heteroatoms. The van der Waals surface area contributed by atoms with Gasteiger partial charge in [-0.25, -0.2) is 9.48 Å². The van der Waals surface area contributed by atoms with Crippen molar-refractivity contribution in [1.29, 1.82) is 0 Å². The maximum absolute atomic E-state index is 10.9. The number of hydrogen-bond donors (Lipinski definition) is 2. The monoisotopic (exact) mass is 301 g/mol. The fourth-order valence-electron chi connectivity index (χ4n) is 2.01. The van der Waals surface area contributed by atoms with Gasteiger partial charge in [0.1, 0.15) is 11.4 Å². The van der Waals surface area contributed by atoms with Gasteiger partial charge in [0.05, 0.1) is 22.7 Å². The summed E-state index contributed by atoms with van der Waals surface area (Å²) >= 11 is 1.52. The molecule has 0 saturated heterocycles. The molecule has 6 nitrogen and oxygen atoms in total. The van der Waals surface area contributed by atoms with E-state index in [1.807, 2.05) is 17.5 Å². The summed E-state index contributed by atoms with van der Waals surface area (Å²) in [5.74, 6) is -0.977. The van der Waals surface area contributed by atoms with E-state index in [2.05, 4.69) is 10.3 Å². The van der Waals surface area contributed by atoms with E-state index in [0.29, 0.717) is 11.4 Å². The van der Waals surface area contributed by atoms with E-state index in [1.165, 1.54) is 23.5 Å². The van der Waals surface area contributed by atoms with Crippen LogP contribution in [0.3, 0.4) is 0 Å². The number of carboxylic acid groups (broad SMARTS) is 1. The van der Waals surface area contributed by atoms with Crippen LogP contribution >= 0.6 is 11.3 Å². The Bertz CT molecular complexity index is 763. The Hall–Kier alpha value is -2.51. The van der Waals surface area contributed by atoms with Gasteiger partial charge >= 0.3 is 5.97 Å². The molecule has 3 rings (SSSR count). The molecule has 0 aliphatic rings. The average molecular weight is 301 g/mol. The van der Waals surface area contributed by atoms with E-state index in [4.69, 9.17) is 5.11 Å². The van der Waals surface area contributed by atoms with Crippen LogP contribution in [0.25, 0.3) is 16.3 Å². The molecule has 106 valence electrons. The molecule has 0 aliphatic carbocycles. The summed E-state index contributed by atoms with van der Waals surface area (Å²) in [4.78, 5) is 11.8. The fraction of sp³-hybridized carbons (Fsp3) is 0.0714. The van der Waals surface area contributed by atoms with Crippen molar-refractivity contribution in [3.05, 3.63) is 53.0 Å². The number of aromatic carboxylic acids is 1. The Morgan fingerprint density at radius 1 is 1.24 bits per heavy atom. The highest BCUT2D eigenvalue weighted by molar-refractivity contribution is 7.13. The maximum Gasteiger partial charge on any atom is 0.335 e. The van der Waals surface area contributed by atoms with Crippen LogP contribution in [0.1, 0.15) is 16.1 Å². The third-order valence-corrected chi connectivity index (χ3v) is 3.88. The number of thiophene rings is 1. The van der Waals surface area contributed by atoms with Crippen LogP contribution in [0.5, 0.6) is 0 Å². The summed E-state index contributed by atoms with van der Waals surface area (Å²) in [5.41, 5.74) is 2.10. The zero-order valence-corrected chi connectivity index (χ0v) is 11.6. The third kappa shape index (κ3) is 2.44. The summed E-state index contributed by atoms with van der Waals surface area (Å²) in [6, 6.07) is 10.2. The Labute approximate surface area is 123 Å². The van der Waals surface area contributed by atoms with Crippen molar-refractivity contribution in [2.45, 2.75) is 6.61 Å². The Kier molecular flexibility index (Phi) is 3.51. The molecule has 0 spiro atoms. The molecule has 0 saturated carbocycles. The molecule has 0 aliphatic heterocycles. The molecule has 21 heavy (non-hydrogen) atoms. The van der Waals surface area contributed by atoms with Crippen LogP contribution < -0.4 is 0 Å². The van der Waals surface area contributed by atoms with Crippen LogP contribution in [0, 0.1) is 0 Å². The fourth-order valence-corrected chi connectivity index (χ4v) is 2.78. The van der Waals surface area contributed by atoms with Crippen LogP contribution in [0.15, 0.2) is 41.8 Å². The molecular formula is C14H11N3O3S. The second-order valence-corrected chi connectivity index (χ2v) is 5.23. The molecule has 1 aromatic carbocycles. The Morgan fingerprint density at radius 3 is 2.57 bits per heavy atom. The largest absolute Gasteiger partial charge is 0.478 e. The number of aromatic nitrogens is 3. The molecule has 0 fully saturated rings. The van der Waals surface area contributed by atoms with Crippen molar-refractivity contribution in [2.24, 2.45) is 0 Å². The molecule has 2 N–H and O–H groups in total. The molecule has 0 bridgehead atoms.